The molecular formula is C14H10FN3. The van der Waals surface area contributed by atoms with Crippen LogP contribution in [0.1, 0.15) is 0 Å². The number of fused-ring (bicyclic) bond motifs is 1. The quantitative estimate of drug-likeness (QED) is 0.743. The van der Waals surface area contributed by atoms with Gasteiger partial charge in [-0.15, -0.1) is 0 Å². The zero-order valence-electron chi connectivity index (χ0n) is 9.47. The normalized spacial score (nSPS) is 10.5. The van der Waals surface area contributed by atoms with E-state index < -0.39 is 0 Å². The lowest BCUT2D eigenvalue weighted by Gasteiger charge is -2.06. The average molecular weight is 239 g/mol. The molecule has 0 aliphatic heterocycles. The van der Waals surface area contributed by atoms with Gasteiger partial charge in [-0.2, -0.15) is 0 Å². The first-order valence-electron chi connectivity index (χ1n) is 5.56. The SMILES string of the molecule is Fc1ccccc1Nc1cnc2ccccc2n1. The van der Waals surface area contributed by atoms with E-state index in [4.69, 9.17) is 0 Å². The van der Waals surface area contributed by atoms with Crippen LogP contribution in [0.15, 0.2) is 54.7 Å². The summed E-state index contributed by atoms with van der Waals surface area (Å²) in [6.07, 6.45) is 1.59. The van der Waals surface area contributed by atoms with Gasteiger partial charge in [0.1, 0.15) is 11.6 Å². The molecule has 0 fully saturated rings. The standard InChI is InChI=1S/C14H10FN3/c15-10-5-1-2-6-11(10)17-14-9-16-12-7-3-4-8-13(12)18-14/h1-9H,(H,17,18). The van der Waals surface area contributed by atoms with Crippen LogP contribution in [0.25, 0.3) is 11.0 Å². The van der Waals surface area contributed by atoms with Gasteiger partial charge in [0.05, 0.1) is 22.9 Å². The monoisotopic (exact) mass is 239 g/mol. The van der Waals surface area contributed by atoms with Gasteiger partial charge in [0.25, 0.3) is 0 Å². The van der Waals surface area contributed by atoms with Crippen molar-refractivity contribution in [3.63, 3.8) is 0 Å². The molecule has 0 unspecified atom stereocenters. The molecule has 1 N–H and O–H groups in total. The van der Waals surface area contributed by atoms with Crippen molar-refractivity contribution in [1.82, 2.24) is 9.97 Å². The molecule has 18 heavy (non-hydrogen) atoms. The first-order chi connectivity index (χ1) is 8.83. The molecule has 1 aromatic heterocycles. The second-order valence-corrected chi connectivity index (χ2v) is 3.85. The number of para-hydroxylation sites is 3. The third kappa shape index (κ3) is 2.00. The number of benzene rings is 2. The van der Waals surface area contributed by atoms with E-state index in [9.17, 15) is 4.39 Å². The van der Waals surface area contributed by atoms with Crippen molar-refractivity contribution in [2.24, 2.45) is 0 Å². The predicted molar refractivity (Wildman–Crippen MR) is 69.2 cm³/mol. The van der Waals surface area contributed by atoms with E-state index in [2.05, 4.69) is 15.3 Å². The second-order valence-electron chi connectivity index (χ2n) is 3.85. The Morgan fingerprint density at radius 2 is 1.61 bits per heavy atom. The highest BCUT2D eigenvalue weighted by Gasteiger charge is 2.03. The largest absolute Gasteiger partial charge is 0.337 e. The van der Waals surface area contributed by atoms with E-state index >= 15 is 0 Å². The minimum Gasteiger partial charge on any atom is -0.337 e. The van der Waals surface area contributed by atoms with Crippen LogP contribution in [0.4, 0.5) is 15.9 Å². The summed E-state index contributed by atoms with van der Waals surface area (Å²) in [5.41, 5.74) is 1.98. The van der Waals surface area contributed by atoms with E-state index in [-0.39, 0.29) is 5.82 Å². The average Bonchev–Trinajstić information content (AvgIpc) is 2.41. The Morgan fingerprint density at radius 1 is 0.889 bits per heavy atom. The first-order valence-corrected chi connectivity index (χ1v) is 5.56. The summed E-state index contributed by atoms with van der Waals surface area (Å²) in [6, 6.07) is 14.0. The second kappa shape index (κ2) is 4.41. The Kier molecular flexibility index (Phi) is 2.61. The third-order valence-electron chi connectivity index (χ3n) is 2.59. The van der Waals surface area contributed by atoms with Crippen LogP contribution in [-0.4, -0.2) is 9.97 Å². The fourth-order valence-electron chi connectivity index (χ4n) is 1.72. The van der Waals surface area contributed by atoms with Crippen LogP contribution in [0.5, 0.6) is 0 Å². The Hall–Kier alpha value is -2.49. The van der Waals surface area contributed by atoms with Crippen LogP contribution >= 0.6 is 0 Å². The highest BCUT2D eigenvalue weighted by Crippen LogP contribution is 2.19. The molecule has 0 spiro atoms. The van der Waals surface area contributed by atoms with Crippen LogP contribution in [0.2, 0.25) is 0 Å². The smallest absolute Gasteiger partial charge is 0.149 e. The summed E-state index contributed by atoms with van der Waals surface area (Å²) in [4.78, 5) is 8.63. The van der Waals surface area contributed by atoms with Gasteiger partial charge in [-0.3, -0.25) is 4.98 Å². The molecule has 1 heterocycles. The van der Waals surface area contributed by atoms with Gasteiger partial charge in [-0.05, 0) is 24.3 Å². The topological polar surface area (TPSA) is 37.8 Å². The van der Waals surface area contributed by atoms with Crippen molar-refractivity contribution in [1.29, 1.82) is 0 Å². The Morgan fingerprint density at radius 3 is 2.44 bits per heavy atom. The van der Waals surface area contributed by atoms with Gasteiger partial charge < -0.3 is 5.32 Å². The number of hydrogen-bond acceptors (Lipinski definition) is 3. The summed E-state index contributed by atoms with van der Waals surface area (Å²) in [5.74, 6) is 0.214. The van der Waals surface area contributed by atoms with Gasteiger partial charge in [-0.25, -0.2) is 9.37 Å². The number of nitrogens with one attached hydrogen (secondary N) is 1. The van der Waals surface area contributed by atoms with Crippen molar-refractivity contribution in [2.45, 2.75) is 0 Å². The molecule has 0 amide bonds. The molecule has 0 radical (unpaired) electrons. The highest BCUT2D eigenvalue weighted by molar-refractivity contribution is 5.76. The molecule has 0 aliphatic carbocycles. The van der Waals surface area contributed by atoms with Gasteiger partial charge >= 0.3 is 0 Å². The Bertz CT molecular complexity index is 697. The third-order valence-corrected chi connectivity index (χ3v) is 2.59. The van der Waals surface area contributed by atoms with Crippen molar-refractivity contribution in [2.75, 3.05) is 5.32 Å². The van der Waals surface area contributed by atoms with Crippen molar-refractivity contribution >= 4 is 22.5 Å². The fraction of sp³-hybridized carbons (Fsp3) is 0. The number of anilines is 2. The maximum Gasteiger partial charge on any atom is 0.149 e. The summed E-state index contributed by atoms with van der Waals surface area (Å²) < 4.78 is 13.5. The Balaban J connectivity index is 1.98. The van der Waals surface area contributed by atoms with Crippen molar-refractivity contribution in [3.05, 3.63) is 60.5 Å². The van der Waals surface area contributed by atoms with Crippen molar-refractivity contribution < 1.29 is 4.39 Å². The van der Waals surface area contributed by atoms with Crippen molar-refractivity contribution in [3.8, 4) is 0 Å². The molecule has 4 heteroatoms. The van der Waals surface area contributed by atoms with E-state index in [1.165, 1.54) is 6.07 Å². The van der Waals surface area contributed by atoms with Gasteiger partial charge in [0, 0.05) is 0 Å². The molecule has 3 rings (SSSR count). The number of aromatic nitrogens is 2. The van der Waals surface area contributed by atoms with E-state index in [0.717, 1.165) is 11.0 Å². The van der Waals surface area contributed by atoms with Crippen LogP contribution in [-0.2, 0) is 0 Å². The minimum atomic E-state index is -0.313. The number of rotatable bonds is 2. The number of nitrogens with zero attached hydrogens (tertiary/aromatic N) is 2. The molecule has 0 saturated heterocycles. The molecular weight excluding hydrogens is 229 g/mol. The minimum absolute atomic E-state index is 0.313. The summed E-state index contributed by atoms with van der Waals surface area (Å²) in [5, 5.41) is 2.92. The molecule has 0 aliphatic rings. The molecule has 3 nitrogen and oxygen atoms in total. The molecule has 0 bridgehead atoms. The molecule has 0 atom stereocenters. The first kappa shape index (κ1) is 10.7. The maximum absolute atomic E-state index is 13.5. The zero-order valence-corrected chi connectivity index (χ0v) is 9.47. The van der Waals surface area contributed by atoms with Crippen LogP contribution in [0, 0.1) is 5.82 Å². The lowest BCUT2D eigenvalue weighted by Crippen LogP contribution is -1.97. The fourth-order valence-corrected chi connectivity index (χ4v) is 1.72. The predicted octanol–water partition coefficient (Wildman–Crippen LogP) is 3.51. The number of hydrogen-bond donors (Lipinski definition) is 1. The Labute approximate surface area is 103 Å². The van der Waals surface area contributed by atoms with Crippen LogP contribution < -0.4 is 5.32 Å². The van der Waals surface area contributed by atoms with E-state index in [1.807, 2.05) is 24.3 Å². The molecule has 3 aromatic rings. The zero-order chi connectivity index (χ0) is 12.4. The van der Waals surface area contributed by atoms with Gasteiger partial charge in [0.15, 0.2) is 0 Å². The molecule has 0 saturated carbocycles. The highest BCUT2D eigenvalue weighted by atomic mass is 19.1. The number of halogens is 1. The maximum atomic E-state index is 13.5. The summed E-state index contributed by atoms with van der Waals surface area (Å²) in [6.45, 7) is 0. The lowest BCUT2D eigenvalue weighted by molar-refractivity contribution is 0.632. The molecule has 2 aromatic carbocycles. The van der Waals surface area contributed by atoms with E-state index in [1.54, 1.807) is 24.4 Å². The molecule has 88 valence electrons. The summed E-state index contributed by atoms with van der Waals surface area (Å²) >= 11 is 0. The summed E-state index contributed by atoms with van der Waals surface area (Å²) in [7, 11) is 0. The van der Waals surface area contributed by atoms with E-state index in [0.29, 0.717) is 11.5 Å². The lowest BCUT2D eigenvalue weighted by atomic mass is 10.3. The van der Waals surface area contributed by atoms with Crippen LogP contribution in [0.3, 0.4) is 0 Å². The van der Waals surface area contributed by atoms with Gasteiger partial charge in [-0.1, -0.05) is 24.3 Å². The van der Waals surface area contributed by atoms with Gasteiger partial charge in [0.2, 0.25) is 0 Å².